The standard InChI is InChI=1S/C20H12Cl2N2O2S/c21-14-7-3-12(4-8-14)17-20(24-18(25)16-2-1-11-26-16)27-19(23-17)13-5-9-15(22)10-6-13/h1-11H,(H,24,25). The Morgan fingerprint density at radius 3 is 2.15 bits per heavy atom. The summed E-state index contributed by atoms with van der Waals surface area (Å²) < 4.78 is 5.17. The van der Waals surface area contributed by atoms with Crippen molar-refractivity contribution in [3.05, 3.63) is 82.7 Å². The van der Waals surface area contributed by atoms with Crippen LogP contribution in [-0.4, -0.2) is 10.9 Å². The van der Waals surface area contributed by atoms with Crippen LogP contribution in [0.25, 0.3) is 21.8 Å². The molecule has 1 amide bonds. The van der Waals surface area contributed by atoms with Gasteiger partial charge in [0.25, 0.3) is 5.91 Å². The third kappa shape index (κ3) is 3.90. The molecular formula is C20H12Cl2N2O2S. The van der Waals surface area contributed by atoms with Crippen molar-refractivity contribution < 1.29 is 9.21 Å². The van der Waals surface area contributed by atoms with Crippen LogP contribution in [0, 0.1) is 0 Å². The first-order chi connectivity index (χ1) is 13.1. The minimum absolute atomic E-state index is 0.235. The van der Waals surface area contributed by atoms with E-state index in [1.54, 1.807) is 36.4 Å². The Bertz CT molecular complexity index is 1070. The molecule has 4 aromatic rings. The van der Waals surface area contributed by atoms with Crippen LogP contribution in [0.15, 0.2) is 71.3 Å². The summed E-state index contributed by atoms with van der Waals surface area (Å²) in [5.41, 5.74) is 2.44. The van der Waals surface area contributed by atoms with Gasteiger partial charge in [0.1, 0.15) is 15.7 Å². The molecule has 0 bridgehead atoms. The van der Waals surface area contributed by atoms with E-state index in [4.69, 9.17) is 32.6 Å². The van der Waals surface area contributed by atoms with Crippen molar-refractivity contribution in [1.82, 2.24) is 4.98 Å². The smallest absolute Gasteiger partial charge is 0.292 e. The first kappa shape index (κ1) is 17.8. The third-order valence-corrected chi connectivity index (χ3v) is 5.33. The van der Waals surface area contributed by atoms with E-state index in [1.807, 2.05) is 24.3 Å². The van der Waals surface area contributed by atoms with Gasteiger partial charge in [-0.2, -0.15) is 0 Å². The Morgan fingerprint density at radius 2 is 1.56 bits per heavy atom. The summed E-state index contributed by atoms with van der Waals surface area (Å²) in [6.45, 7) is 0. The van der Waals surface area contributed by atoms with E-state index >= 15 is 0 Å². The minimum atomic E-state index is -0.332. The van der Waals surface area contributed by atoms with Gasteiger partial charge >= 0.3 is 0 Å². The van der Waals surface area contributed by atoms with E-state index in [-0.39, 0.29) is 11.7 Å². The number of benzene rings is 2. The largest absolute Gasteiger partial charge is 0.459 e. The van der Waals surface area contributed by atoms with E-state index in [0.29, 0.717) is 20.7 Å². The predicted octanol–water partition coefficient (Wildman–Crippen LogP) is 6.63. The Kier molecular flexibility index (Phi) is 4.99. The van der Waals surface area contributed by atoms with Gasteiger partial charge in [0.05, 0.1) is 6.26 Å². The molecule has 7 heteroatoms. The fourth-order valence-corrected chi connectivity index (χ4v) is 3.74. The average Bonchev–Trinajstić information content (AvgIpc) is 3.33. The van der Waals surface area contributed by atoms with Crippen LogP contribution in [0.1, 0.15) is 10.6 Å². The molecule has 0 saturated carbocycles. The molecule has 0 unspecified atom stereocenters. The number of rotatable bonds is 4. The van der Waals surface area contributed by atoms with E-state index in [0.717, 1.165) is 16.1 Å². The number of thiazole rings is 1. The van der Waals surface area contributed by atoms with Crippen molar-refractivity contribution in [2.24, 2.45) is 0 Å². The number of amides is 1. The molecule has 4 rings (SSSR count). The number of hydrogen-bond acceptors (Lipinski definition) is 4. The molecule has 134 valence electrons. The number of aromatic nitrogens is 1. The zero-order valence-corrected chi connectivity index (χ0v) is 16.1. The minimum Gasteiger partial charge on any atom is -0.459 e. The van der Waals surface area contributed by atoms with E-state index in [2.05, 4.69) is 5.32 Å². The van der Waals surface area contributed by atoms with E-state index in [1.165, 1.54) is 17.6 Å². The van der Waals surface area contributed by atoms with Crippen LogP contribution in [0.5, 0.6) is 0 Å². The Hall–Kier alpha value is -2.60. The van der Waals surface area contributed by atoms with Crippen molar-refractivity contribution in [3.8, 4) is 21.8 Å². The number of nitrogens with zero attached hydrogens (tertiary/aromatic N) is 1. The van der Waals surface area contributed by atoms with Crippen molar-refractivity contribution in [2.45, 2.75) is 0 Å². The average molecular weight is 415 g/mol. The molecule has 0 aliphatic rings. The van der Waals surface area contributed by atoms with Gasteiger partial charge in [0, 0.05) is 21.2 Å². The maximum atomic E-state index is 12.4. The Labute approximate surface area is 169 Å². The third-order valence-electron chi connectivity index (χ3n) is 3.81. The van der Waals surface area contributed by atoms with Gasteiger partial charge in [-0.1, -0.05) is 58.8 Å². The highest BCUT2D eigenvalue weighted by Crippen LogP contribution is 2.38. The lowest BCUT2D eigenvalue weighted by Gasteiger charge is -2.04. The molecule has 2 aromatic heterocycles. The summed E-state index contributed by atoms with van der Waals surface area (Å²) >= 11 is 13.4. The molecule has 0 spiro atoms. The number of halogens is 2. The number of carbonyl (C=O) groups excluding carboxylic acids is 1. The van der Waals surface area contributed by atoms with E-state index < -0.39 is 0 Å². The molecule has 0 fully saturated rings. The molecule has 2 heterocycles. The van der Waals surface area contributed by atoms with Crippen LogP contribution in [0.2, 0.25) is 10.0 Å². The van der Waals surface area contributed by atoms with Gasteiger partial charge in [0.2, 0.25) is 0 Å². The van der Waals surface area contributed by atoms with Gasteiger partial charge in [-0.15, -0.1) is 0 Å². The molecule has 0 radical (unpaired) electrons. The summed E-state index contributed by atoms with van der Waals surface area (Å²) in [5.74, 6) is -0.0972. The lowest BCUT2D eigenvalue weighted by atomic mass is 10.1. The van der Waals surface area contributed by atoms with Gasteiger partial charge in [-0.3, -0.25) is 4.79 Å². The lowest BCUT2D eigenvalue weighted by molar-refractivity contribution is 0.0997. The van der Waals surface area contributed by atoms with E-state index in [9.17, 15) is 4.79 Å². The molecule has 0 aliphatic carbocycles. The number of furan rings is 1. The molecule has 1 N–H and O–H groups in total. The normalized spacial score (nSPS) is 10.7. The SMILES string of the molecule is O=C(Nc1sc(-c2ccc(Cl)cc2)nc1-c1ccc(Cl)cc1)c1ccco1. The van der Waals surface area contributed by atoms with Crippen LogP contribution in [0.4, 0.5) is 5.00 Å². The van der Waals surface area contributed by atoms with Gasteiger partial charge in [0.15, 0.2) is 5.76 Å². The number of hydrogen-bond donors (Lipinski definition) is 1. The first-order valence-electron chi connectivity index (χ1n) is 7.98. The highest BCUT2D eigenvalue weighted by Gasteiger charge is 2.18. The highest BCUT2D eigenvalue weighted by molar-refractivity contribution is 7.19. The molecule has 0 atom stereocenters. The number of carbonyl (C=O) groups is 1. The van der Waals surface area contributed by atoms with Crippen molar-refractivity contribution in [1.29, 1.82) is 0 Å². The monoisotopic (exact) mass is 414 g/mol. The van der Waals surface area contributed by atoms with Gasteiger partial charge < -0.3 is 9.73 Å². The number of nitrogens with one attached hydrogen (secondary N) is 1. The fraction of sp³-hybridized carbons (Fsp3) is 0. The number of anilines is 1. The summed E-state index contributed by atoms with van der Waals surface area (Å²) in [6, 6.07) is 18.0. The summed E-state index contributed by atoms with van der Waals surface area (Å²) in [6.07, 6.45) is 1.46. The second-order valence-electron chi connectivity index (χ2n) is 5.64. The van der Waals surface area contributed by atoms with Crippen LogP contribution in [-0.2, 0) is 0 Å². The molecule has 0 aliphatic heterocycles. The quantitative estimate of drug-likeness (QED) is 0.407. The zero-order valence-electron chi connectivity index (χ0n) is 13.8. The Balaban J connectivity index is 1.76. The van der Waals surface area contributed by atoms with Crippen molar-refractivity contribution in [3.63, 3.8) is 0 Å². The topological polar surface area (TPSA) is 55.1 Å². The van der Waals surface area contributed by atoms with Crippen molar-refractivity contribution >= 4 is 45.4 Å². The molecule has 27 heavy (non-hydrogen) atoms. The fourth-order valence-electron chi connectivity index (χ4n) is 2.50. The molecular weight excluding hydrogens is 403 g/mol. The van der Waals surface area contributed by atoms with Crippen LogP contribution < -0.4 is 5.32 Å². The highest BCUT2D eigenvalue weighted by atomic mass is 35.5. The zero-order chi connectivity index (χ0) is 18.8. The van der Waals surface area contributed by atoms with Crippen LogP contribution >= 0.6 is 34.5 Å². The Morgan fingerprint density at radius 1 is 0.926 bits per heavy atom. The maximum absolute atomic E-state index is 12.4. The second-order valence-corrected chi connectivity index (χ2v) is 7.51. The van der Waals surface area contributed by atoms with Crippen LogP contribution in [0.3, 0.4) is 0 Å². The van der Waals surface area contributed by atoms with Gasteiger partial charge in [-0.05, 0) is 36.4 Å². The lowest BCUT2D eigenvalue weighted by Crippen LogP contribution is -2.10. The van der Waals surface area contributed by atoms with Crippen molar-refractivity contribution in [2.75, 3.05) is 5.32 Å². The maximum Gasteiger partial charge on any atom is 0.292 e. The summed E-state index contributed by atoms with van der Waals surface area (Å²) in [5, 5.41) is 5.57. The summed E-state index contributed by atoms with van der Waals surface area (Å²) in [4.78, 5) is 17.2. The first-order valence-corrected chi connectivity index (χ1v) is 9.55. The summed E-state index contributed by atoms with van der Waals surface area (Å²) in [7, 11) is 0. The molecule has 2 aromatic carbocycles. The van der Waals surface area contributed by atoms with Gasteiger partial charge in [-0.25, -0.2) is 4.98 Å². The molecule has 4 nitrogen and oxygen atoms in total. The predicted molar refractivity (Wildman–Crippen MR) is 110 cm³/mol. The molecule has 0 saturated heterocycles. The second kappa shape index (κ2) is 7.56.